The van der Waals surface area contributed by atoms with Crippen LogP contribution in [0, 0.1) is 10.1 Å². The number of hydrogen-bond acceptors (Lipinski definition) is 5. The van der Waals surface area contributed by atoms with Crippen molar-refractivity contribution in [2.45, 2.75) is 38.6 Å². The number of hydrogen-bond donors (Lipinski definition) is 0. The van der Waals surface area contributed by atoms with E-state index in [0.29, 0.717) is 6.42 Å². The number of esters is 1. The second-order valence-electron chi connectivity index (χ2n) is 3.17. The fourth-order valence-electron chi connectivity index (χ4n) is 1.08. The molecule has 0 fully saturated rings. The van der Waals surface area contributed by atoms with Gasteiger partial charge in [-0.15, -0.1) is 0 Å². The van der Waals surface area contributed by atoms with E-state index in [1.165, 1.54) is 7.11 Å². The van der Waals surface area contributed by atoms with Crippen LogP contribution >= 0.6 is 0 Å². The summed E-state index contributed by atoms with van der Waals surface area (Å²) in [7, 11) is 1.23. The smallest absolute Gasteiger partial charge is 0.305 e. The van der Waals surface area contributed by atoms with Gasteiger partial charge in [0.2, 0.25) is 6.04 Å². The molecule has 0 spiro atoms. The average Bonchev–Trinajstić information content (AvgIpc) is 2.21. The Morgan fingerprint density at radius 2 is 2.00 bits per heavy atom. The number of nitrogens with zero attached hydrogens (tertiary/aromatic N) is 1. The van der Waals surface area contributed by atoms with Gasteiger partial charge in [0.25, 0.3) is 0 Å². The molecule has 1 atom stereocenters. The van der Waals surface area contributed by atoms with Gasteiger partial charge in [0.15, 0.2) is 0 Å². The molecule has 0 aliphatic carbocycles. The SMILES string of the molecule is CCC(CC(=O)CCC(=O)OC)[N+](=O)[O-]. The van der Waals surface area contributed by atoms with Crippen molar-refractivity contribution in [1.29, 1.82) is 0 Å². The van der Waals surface area contributed by atoms with Crippen LogP contribution in [0.2, 0.25) is 0 Å². The molecule has 0 radical (unpaired) electrons. The number of methoxy groups -OCH3 is 1. The summed E-state index contributed by atoms with van der Waals surface area (Å²) in [6, 6.07) is -0.838. The first-order valence-electron chi connectivity index (χ1n) is 4.73. The van der Waals surface area contributed by atoms with Gasteiger partial charge in [-0.05, 0) is 0 Å². The van der Waals surface area contributed by atoms with E-state index in [4.69, 9.17) is 0 Å². The summed E-state index contributed by atoms with van der Waals surface area (Å²) in [5.74, 6) is -0.749. The summed E-state index contributed by atoms with van der Waals surface area (Å²) >= 11 is 0. The van der Waals surface area contributed by atoms with Crippen LogP contribution in [-0.2, 0) is 14.3 Å². The van der Waals surface area contributed by atoms with Crippen molar-refractivity contribution >= 4 is 11.8 Å². The van der Waals surface area contributed by atoms with E-state index in [9.17, 15) is 19.7 Å². The highest BCUT2D eigenvalue weighted by Crippen LogP contribution is 2.06. The third kappa shape index (κ3) is 5.77. The first kappa shape index (κ1) is 13.5. The molecule has 0 aromatic carbocycles. The summed E-state index contributed by atoms with van der Waals surface area (Å²) in [5, 5.41) is 10.4. The zero-order valence-electron chi connectivity index (χ0n) is 8.89. The van der Waals surface area contributed by atoms with Crippen molar-refractivity contribution in [3.63, 3.8) is 0 Å². The Bertz CT molecular complexity index is 251. The Balaban J connectivity index is 3.91. The van der Waals surface area contributed by atoms with Crippen LogP contribution in [0.3, 0.4) is 0 Å². The number of carbonyl (C=O) groups is 2. The Morgan fingerprint density at radius 1 is 1.40 bits per heavy atom. The molecule has 0 heterocycles. The highest BCUT2D eigenvalue weighted by Gasteiger charge is 2.21. The van der Waals surface area contributed by atoms with Gasteiger partial charge >= 0.3 is 5.97 Å². The zero-order valence-corrected chi connectivity index (χ0v) is 8.89. The molecule has 6 nitrogen and oxygen atoms in total. The minimum absolute atomic E-state index is 0.0104. The molecule has 0 rings (SSSR count). The zero-order chi connectivity index (χ0) is 11.8. The predicted molar refractivity (Wildman–Crippen MR) is 51.9 cm³/mol. The second-order valence-corrected chi connectivity index (χ2v) is 3.17. The van der Waals surface area contributed by atoms with Gasteiger partial charge in [0.1, 0.15) is 5.78 Å². The third-order valence-corrected chi connectivity index (χ3v) is 2.07. The predicted octanol–water partition coefficient (Wildman–Crippen LogP) is 0.954. The number of carbonyl (C=O) groups excluding carboxylic acids is 2. The molecule has 15 heavy (non-hydrogen) atoms. The lowest BCUT2D eigenvalue weighted by molar-refractivity contribution is -0.521. The van der Waals surface area contributed by atoms with Crippen LogP contribution < -0.4 is 0 Å². The molecule has 0 saturated carbocycles. The van der Waals surface area contributed by atoms with Gasteiger partial charge in [0, 0.05) is 17.8 Å². The highest BCUT2D eigenvalue weighted by molar-refractivity contribution is 5.83. The van der Waals surface area contributed by atoms with Crippen molar-refractivity contribution in [3.05, 3.63) is 10.1 Å². The molecule has 1 unspecified atom stereocenters. The topological polar surface area (TPSA) is 86.5 Å². The van der Waals surface area contributed by atoms with Crippen LogP contribution in [0.25, 0.3) is 0 Å². The molecule has 0 aromatic rings. The fraction of sp³-hybridized carbons (Fsp3) is 0.778. The lowest BCUT2D eigenvalue weighted by Crippen LogP contribution is -2.22. The van der Waals surface area contributed by atoms with Crippen LogP contribution in [0.5, 0.6) is 0 Å². The number of Topliss-reactive ketones (excluding diaryl/α,β-unsaturated/α-hetero) is 1. The molecule has 0 aliphatic rings. The first-order valence-corrected chi connectivity index (χ1v) is 4.73. The maximum atomic E-state index is 11.2. The Kier molecular flexibility index (Phi) is 6.24. The summed E-state index contributed by atoms with van der Waals surface area (Å²) in [6.45, 7) is 1.65. The van der Waals surface area contributed by atoms with Gasteiger partial charge < -0.3 is 4.74 Å². The molecule has 0 saturated heterocycles. The minimum Gasteiger partial charge on any atom is -0.469 e. The number of rotatable bonds is 7. The van der Waals surface area contributed by atoms with Crippen molar-refractivity contribution < 1.29 is 19.2 Å². The first-order chi connectivity index (χ1) is 7.01. The fourth-order valence-corrected chi connectivity index (χ4v) is 1.08. The molecule has 0 aliphatic heterocycles. The van der Waals surface area contributed by atoms with Crippen LogP contribution in [0.15, 0.2) is 0 Å². The van der Waals surface area contributed by atoms with Crippen molar-refractivity contribution in [3.8, 4) is 0 Å². The largest absolute Gasteiger partial charge is 0.469 e. The normalized spacial score (nSPS) is 11.9. The third-order valence-electron chi connectivity index (χ3n) is 2.07. The lowest BCUT2D eigenvalue weighted by atomic mass is 10.1. The van der Waals surface area contributed by atoms with Gasteiger partial charge in [0.05, 0.1) is 20.0 Å². The van der Waals surface area contributed by atoms with E-state index in [1.807, 2.05) is 0 Å². The molecule has 6 heteroatoms. The van der Waals surface area contributed by atoms with Gasteiger partial charge in [-0.25, -0.2) is 0 Å². The van der Waals surface area contributed by atoms with Gasteiger partial charge in [-0.3, -0.25) is 19.7 Å². The number of nitro groups is 1. The van der Waals surface area contributed by atoms with Crippen molar-refractivity contribution in [1.82, 2.24) is 0 Å². The summed E-state index contributed by atoms with van der Waals surface area (Å²) in [5.41, 5.74) is 0. The maximum Gasteiger partial charge on any atom is 0.305 e. The lowest BCUT2D eigenvalue weighted by Gasteiger charge is -2.05. The Morgan fingerprint density at radius 3 is 2.40 bits per heavy atom. The Labute approximate surface area is 87.7 Å². The molecular formula is C9H15NO5. The molecule has 0 amide bonds. The van der Waals surface area contributed by atoms with E-state index in [1.54, 1.807) is 6.92 Å². The van der Waals surface area contributed by atoms with Gasteiger partial charge in [-0.2, -0.15) is 0 Å². The summed E-state index contributed by atoms with van der Waals surface area (Å²) < 4.78 is 4.35. The standard InChI is InChI=1S/C9H15NO5/c1-3-7(10(13)14)6-8(11)4-5-9(12)15-2/h7H,3-6H2,1-2H3. The number of ether oxygens (including phenoxy) is 1. The maximum absolute atomic E-state index is 11.2. The van der Waals surface area contributed by atoms with Crippen molar-refractivity contribution in [2.24, 2.45) is 0 Å². The second kappa shape index (κ2) is 6.92. The van der Waals surface area contributed by atoms with Crippen molar-refractivity contribution in [2.75, 3.05) is 7.11 Å². The quantitative estimate of drug-likeness (QED) is 0.360. The monoisotopic (exact) mass is 217 g/mol. The summed E-state index contributed by atoms with van der Waals surface area (Å²) in [6.07, 6.45) is 0.206. The van der Waals surface area contributed by atoms with E-state index < -0.39 is 16.9 Å². The van der Waals surface area contributed by atoms with Gasteiger partial charge in [-0.1, -0.05) is 6.92 Å². The van der Waals surface area contributed by atoms with Crippen LogP contribution in [0.4, 0.5) is 0 Å². The van der Waals surface area contributed by atoms with E-state index in [2.05, 4.69) is 4.74 Å². The number of ketones is 1. The van der Waals surface area contributed by atoms with E-state index in [0.717, 1.165) is 0 Å². The van der Waals surface area contributed by atoms with Crippen LogP contribution in [0.1, 0.15) is 32.6 Å². The molecule has 0 N–H and O–H groups in total. The van der Waals surface area contributed by atoms with Crippen LogP contribution in [-0.4, -0.2) is 29.8 Å². The van der Waals surface area contributed by atoms with E-state index in [-0.39, 0.29) is 25.0 Å². The average molecular weight is 217 g/mol. The molecule has 0 aromatic heterocycles. The molecular weight excluding hydrogens is 202 g/mol. The molecule has 86 valence electrons. The molecule has 0 bridgehead atoms. The minimum atomic E-state index is -0.838. The van der Waals surface area contributed by atoms with E-state index >= 15 is 0 Å². The highest BCUT2D eigenvalue weighted by atomic mass is 16.6. The summed E-state index contributed by atoms with van der Waals surface area (Å²) in [4.78, 5) is 31.9. The Hall–Kier alpha value is -1.46.